The molecule has 0 spiro atoms. The summed E-state index contributed by atoms with van der Waals surface area (Å²) < 4.78 is 6.05. The highest BCUT2D eigenvalue weighted by atomic mass is 32.2. The molecule has 0 saturated carbocycles. The van der Waals surface area contributed by atoms with Crippen molar-refractivity contribution in [2.75, 3.05) is 6.61 Å². The fourth-order valence-electron chi connectivity index (χ4n) is 1.82. The fourth-order valence-corrected chi connectivity index (χ4v) is 3.62. The minimum absolute atomic E-state index is 0.238. The van der Waals surface area contributed by atoms with Gasteiger partial charge in [-0.3, -0.25) is 14.3 Å². The van der Waals surface area contributed by atoms with Gasteiger partial charge >= 0.3 is 5.69 Å². The predicted octanol–water partition coefficient (Wildman–Crippen LogP) is -1.32. The molecule has 1 saturated heterocycles. The molecule has 1 aromatic heterocycles. The van der Waals surface area contributed by atoms with E-state index in [1.807, 2.05) is 0 Å². The van der Waals surface area contributed by atoms with Crippen molar-refractivity contribution in [3.8, 4) is 0 Å². The molecule has 1 aliphatic rings. The van der Waals surface area contributed by atoms with Crippen LogP contribution in [0.1, 0.15) is 5.37 Å². The molecule has 0 aromatic carbocycles. The number of aromatic nitrogens is 2. The second-order valence-corrected chi connectivity index (χ2v) is 5.59. The number of hydrogen-bond acceptors (Lipinski definition) is 6. The highest BCUT2D eigenvalue weighted by Gasteiger charge is 2.43. The summed E-state index contributed by atoms with van der Waals surface area (Å²) in [6.07, 6.45) is -0.776. The Bertz CT molecular complexity index is 532. The van der Waals surface area contributed by atoms with Crippen molar-refractivity contribution in [3.05, 3.63) is 33.1 Å². The lowest BCUT2D eigenvalue weighted by atomic mass is 10.1. The van der Waals surface area contributed by atoms with Gasteiger partial charge in [0, 0.05) is 21.7 Å². The molecule has 5 atom stereocenters. The standard InChI is InChI=1S/C9H13N2O5PS/c12-5-1-2-11(9(15)10-5)8-7(14)6(13)4(18-8)3-16-17/h1-2,4,6-8,13-14H,3,17H2,(H,10,12,15)/t4-,6-,7-,8-/m1/s1. The van der Waals surface area contributed by atoms with Crippen molar-refractivity contribution in [2.24, 2.45) is 0 Å². The zero-order chi connectivity index (χ0) is 13.3. The van der Waals surface area contributed by atoms with Gasteiger partial charge in [-0.2, -0.15) is 0 Å². The van der Waals surface area contributed by atoms with Crippen LogP contribution in [0.2, 0.25) is 0 Å². The molecule has 2 rings (SSSR count). The van der Waals surface area contributed by atoms with E-state index in [4.69, 9.17) is 4.52 Å². The Hall–Kier alpha value is -0.660. The van der Waals surface area contributed by atoms with Crippen LogP contribution in [-0.4, -0.2) is 43.8 Å². The highest BCUT2D eigenvalue weighted by molar-refractivity contribution is 8.00. The fraction of sp³-hybridized carbons (Fsp3) is 0.556. The van der Waals surface area contributed by atoms with Crippen molar-refractivity contribution in [1.82, 2.24) is 9.55 Å². The quantitative estimate of drug-likeness (QED) is 0.597. The minimum Gasteiger partial charge on any atom is -0.389 e. The van der Waals surface area contributed by atoms with Gasteiger partial charge in [-0.05, 0) is 0 Å². The van der Waals surface area contributed by atoms with Crippen molar-refractivity contribution >= 4 is 21.2 Å². The summed E-state index contributed by atoms with van der Waals surface area (Å²) in [4.78, 5) is 24.7. The Balaban J connectivity index is 2.29. The predicted molar refractivity (Wildman–Crippen MR) is 69.4 cm³/mol. The van der Waals surface area contributed by atoms with Gasteiger partial charge < -0.3 is 14.7 Å². The van der Waals surface area contributed by atoms with Crippen molar-refractivity contribution in [2.45, 2.75) is 22.8 Å². The molecule has 100 valence electrons. The van der Waals surface area contributed by atoms with E-state index in [1.165, 1.54) is 28.6 Å². The van der Waals surface area contributed by atoms with Crippen LogP contribution in [-0.2, 0) is 4.52 Å². The summed E-state index contributed by atoms with van der Waals surface area (Å²) in [6.45, 7) is 0.238. The topological polar surface area (TPSA) is 105 Å². The lowest BCUT2D eigenvalue weighted by molar-refractivity contribution is 0.0125. The number of aliphatic hydroxyl groups excluding tert-OH is 2. The van der Waals surface area contributed by atoms with E-state index in [-0.39, 0.29) is 11.9 Å². The average Bonchev–Trinajstić information content (AvgIpc) is 2.58. The van der Waals surface area contributed by atoms with Crippen LogP contribution in [0.15, 0.2) is 21.9 Å². The maximum Gasteiger partial charge on any atom is 0.329 e. The third-order valence-electron chi connectivity index (χ3n) is 2.72. The largest absolute Gasteiger partial charge is 0.389 e. The molecule has 0 amide bonds. The summed E-state index contributed by atoms with van der Waals surface area (Å²) >= 11 is 1.23. The van der Waals surface area contributed by atoms with Crippen molar-refractivity contribution < 1.29 is 14.7 Å². The van der Waals surface area contributed by atoms with Crippen molar-refractivity contribution in [3.63, 3.8) is 0 Å². The Labute approximate surface area is 108 Å². The second-order valence-electron chi connectivity index (χ2n) is 3.90. The molecule has 1 aliphatic heterocycles. The first kappa shape index (κ1) is 13.8. The van der Waals surface area contributed by atoms with E-state index in [9.17, 15) is 19.8 Å². The van der Waals surface area contributed by atoms with Gasteiger partial charge in [-0.1, -0.05) is 0 Å². The molecule has 1 aromatic rings. The van der Waals surface area contributed by atoms with E-state index in [0.717, 1.165) is 0 Å². The van der Waals surface area contributed by atoms with Crippen molar-refractivity contribution in [1.29, 1.82) is 0 Å². The Morgan fingerprint density at radius 2 is 2.17 bits per heavy atom. The van der Waals surface area contributed by atoms with E-state index in [0.29, 0.717) is 0 Å². The first-order valence-corrected chi connectivity index (χ1v) is 6.60. The van der Waals surface area contributed by atoms with Crippen LogP contribution < -0.4 is 11.2 Å². The van der Waals surface area contributed by atoms with E-state index in [2.05, 4.69) is 14.5 Å². The Morgan fingerprint density at radius 3 is 2.78 bits per heavy atom. The highest BCUT2D eigenvalue weighted by Crippen LogP contribution is 2.41. The monoisotopic (exact) mass is 292 g/mol. The second kappa shape index (κ2) is 5.54. The number of aromatic amines is 1. The number of nitrogens with one attached hydrogen (secondary N) is 1. The third-order valence-corrected chi connectivity index (χ3v) is 4.46. The first-order valence-electron chi connectivity index (χ1n) is 5.19. The number of nitrogens with zero attached hydrogens (tertiary/aromatic N) is 1. The number of aliphatic hydroxyl groups is 2. The molecule has 3 N–H and O–H groups in total. The maximum absolute atomic E-state index is 11.6. The molecule has 0 radical (unpaired) electrons. The molecule has 1 unspecified atom stereocenters. The van der Waals surface area contributed by atoms with Gasteiger partial charge in [0.25, 0.3) is 5.56 Å². The van der Waals surface area contributed by atoms with E-state index < -0.39 is 28.8 Å². The summed E-state index contributed by atoms with van der Waals surface area (Å²) in [5, 5.41) is 18.8. The average molecular weight is 292 g/mol. The van der Waals surface area contributed by atoms with Crippen LogP contribution in [0, 0.1) is 0 Å². The van der Waals surface area contributed by atoms with E-state index in [1.54, 1.807) is 0 Å². The van der Waals surface area contributed by atoms with Gasteiger partial charge in [-0.25, -0.2) is 4.79 Å². The molecule has 9 heteroatoms. The zero-order valence-corrected chi connectivity index (χ0v) is 11.2. The molecule has 2 heterocycles. The van der Waals surface area contributed by atoms with Crippen LogP contribution in [0.25, 0.3) is 0 Å². The van der Waals surface area contributed by atoms with Gasteiger partial charge in [0.1, 0.15) is 11.5 Å². The zero-order valence-electron chi connectivity index (χ0n) is 9.22. The maximum atomic E-state index is 11.6. The van der Waals surface area contributed by atoms with Crippen LogP contribution >= 0.6 is 21.2 Å². The molecule has 0 bridgehead atoms. The van der Waals surface area contributed by atoms with Gasteiger partial charge in [0.2, 0.25) is 0 Å². The summed E-state index contributed by atoms with van der Waals surface area (Å²) in [6, 6.07) is 1.20. The molecule has 7 nitrogen and oxygen atoms in total. The lowest BCUT2D eigenvalue weighted by Crippen LogP contribution is -2.37. The summed E-state index contributed by atoms with van der Waals surface area (Å²) in [5.41, 5.74) is -1.11. The molecule has 0 aliphatic carbocycles. The minimum atomic E-state index is -1.09. The molecular formula is C9H13N2O5PS. The lowest BCUT2D eigenvalue weighted by Gasteiger charge is -2.17. The number of H-pyrrole nitrogens is 1. The van der Waals surface area contributed by atoms with Gasteiger partial charge in [-0.15, -0.1) is 11.8 Å². The summed E-state index contributed by atoms with van der Waals surface area (Å²) in [5.74, 6) is 0. The SMILES string of the molecule is O=c1ccn([C@@H]2S[C@H](COP)[C@@H](O)[C@H]2O)c(=O)[nH]1. The number of rotatable bonds is 3. The smallest absolute Gasteiger partial charge is 0.329 e. The third kappa shape index (κ3) is 2.53. The van der Waals surface area contributed by atoms with Crippen LogP contribution in [0.5, 0.6) is 0 Å². The molecule has 18 heavy (non-hydrogen) atoms. The van der Waals surface area contributed by atoms with Gasteiger partial charge in [0.15, 0.2) is 0 Å². The molecular weight excluding hydrogens is 279 g/mol. The Morgan fingerprint density at radius 1 is 1.44 bits per heavy atom. The Kier molecular flexibility index (Phi) is 4.24. The van der Waals surface area contributed by atoms with Crippen LogP contribution in [0.3, 0.4) is 0 Å². The van der Waals surface area contributed by atoms with Gasteiger partial charge in [0.05, 0.1) is 18.0 Å². The first-order chi connectivity index (χ1) is 8.54. The molecule has 1 fully saturated rings. The van der Waals surface area contributed by atoms with Crippen LogP contribution in [0.4, 0.5) is 0 Å². The summed E-state index contributed by atoms with van der Waals surface area (Å²) in [7, 11) is 2.07. The number of hydrogen-bond donors (Lipinski definition) is 3. The normalized spacial score (nSPS) is 31.7. The number of thioether (sulfide) groups is 1. The van der Waals surface area contributed by atoms with E-state index >= 15 is 0 Å².